The van der Waals surface area contributed by atoms with Gasteiger partial charge in [-0.2, -0.15) is 0 Å². The van der Waals surface area contributed by atoms with E-state index in [1.54, 1.807) is 11.3 Å². The highest BCUT2D eigenvalue weighted by Crippen LogP contribution is 2.35. The zero-order valence-electron chi connectivity index (χ0n) is 9.02. The minimum Gasteiger partial charge on any atom is -0.293 e. The summed E-state index contributed by atoms with van der Waals surface area (Å²) in [5.74, 6) is 0.353. The summed E-state index contributed by atoms with van der Waals surface area (Å²) in [7, 11) is 0. The van der Waals surface area contributed by atoms with E-state index in [0.29, 0.717) is 5.78 Å². The van der Waals surface area contributed by atoms with Gasteiger partial charge in [0.05, 0.1) is 4.88 Å². The molecule has 0 amide bonds. The van der Waals surface area contributed by atoms with Crippen molar-refractivity contribution in [2.75, 3.05) is 0 Å². The lowest BCUT2D eigenvalue weighted by atomic mass is 9.92. The monoisotopic (exact) mass is 208 g/mol. The second-order valence-electron chi connectivity index (χ2n) is 4.99. The van der Waals surface area contributed by atoms with Crippen molar-refractivity contribution in [3.05, 3.63) is 21.4 Å². The third-order valence-corrected chi connectivity index (χ3v) is 4.30. The molecular formula is C12H16OS. The molecule has 0 bridgehead atoms. The molecule has 0 fully saturated rings. The number of carbonyl (C=O) groups is 1. The molecule has 0 saturated carbocycles. The Morgan fingerprint density at radius 3 is 2.57 bits per heavy atom. The highest BCUT2D eigenvalue weighted by molar-refractivity contribution is 7.14. The fraction of sp³-hybridized carbons (Fsp3) is 0.583. The van der Waals surface area contributed by atoms with E-state index < -0.39 is 0 Å². The van der Waals surface area contributed by atoms with Gasteiger partial charge in [0.25, 0.3) is 0 Å². The molecule has 0 radical (unpaired) electrons. The van der Waals surface area contributed by atoms with Gasteiger partial charge in [-0.1, -0.05) is 20.8 Å². The molecule has 0 spiro atoms. The van der Waals surface area contributed by atoms with E-state index in [1.807, 2.05) is 0 Å². The Morgan fingerprint density at radius 1 is 1.29 bits per heavy atom. The van der Waals surface area contributed by atoms with Crippen LogP contribution in [0.15, 0.2) is 6.07 Å². The quantitative estimate of drug-likeness (QED) is 0.637. The van der Waals surface area contributed by atoms with Crippen molar-refractivity contribution >= 4 is 17.1 Å². The van der Waals surface area contributed by atoms with E-state index in [9.17, 15) is 4.79 Å². The van der Waals surface area contributed by atoms with Crippen LogP contribution < -0.4 is 0 Å². The van der Waals surface area contributed by atoms with Gasteiger partial charge >= 0.3 is 0 Å². The fourth-order valence-corrected chi connectivity index (χ4v) is 3.01. The number of fused-ring (bicyclic) bond motifs is 1. The first-order valence-corrected chi connectivity index (χ1v) is 5.96. The SMILES string of the molecule is CC(C)(C)c1cc2c(s1)C(=O)CCC2. The Labute approximate surface area is 89.1 Å². The molecule has 1 aliphatic rings. The van der Waals surface area contributed by atoms with Gasteiger partial charge in [-0.05, 0) is 29.9 Å². The lowest BCUT2D eigenvalue weighted by molar-refractivity contribution is 0.0977. The summed E-state index contributed by atoms with van der Waals surface area (Å²) in [6.07, 6.45) is 2.87. The van der Waals surface area contributed by atoms with E-state index in [-0.39, 0.29) is 5.41 Å². The first kappa shape index (κ1) is 9.91. The number of rotatable bonds is 0. The largest absolute Gasteiger partial charge is 0.293 e. The summed E-state index contributed by atoms with van der Waals surface area (Å²) in [4.78, 5) is 14.0. The highest BCUT2D eigenvalue weighted by atomic mass is 32.1. The molecule has 14 heavy (non-hydrogen) atoms. The molecule has 2 rings (SSSR count). The van der Waals surface area contributed by atoms with Crippen molar-refractivity contribution in [1.29, 1.82) is 0 Å². The number of aryl methyl sites for hydroxylation is 1. The number of hydrogen-bond donors (Lipinski definition) is 0. The van der Waals surface area contributed by atoms with Gasteiger partial charge in [0.1, 0.15) is 0 Å². The van der Waals surface area contributed by atoms with E-state index >= 15 is 0 Å². The fourth-order valence-electron chi connectivity index (χ4n) is 1.77. The minimum atomic E-state index is 0.183. The van der Waals surface area contributed by atoms with Crippen LogP contribution in [-0.2, 0) is 11.8 Å². The summed E-state index contributed by atoms with van der Waals surface area (Å²) in [5.41, 5.74) is 1.47. The highest BCUT2D eigenvalue weighted by Gasteiger charge is 2.24. The first-order valence-electron chi connectivity index (χ1n) is 5.15. The third-order valence-electron chi connectivity index (χ3n) is 2.65. The maximum Gasteiger partial charge on any atom is 0.173 e. The summed E-state index contributed by atoms with van der Waals surface area (Å²) in [5, 5.41) is 0. The van der Waals surface area contributed by atoms with Crippen molar-refractivity contribution in [2.24, 2.45) is 0 Å². The average Bonchev–Trinajstić information content (AvgIpc) is 2.48. The van der Waals surface area contributed by atoms with Gasteiger partial charge in [0.15, 0.2) is 5.78 Å². The van der Waals surface area contributed by atoms with Crippen LogP contribution in [0.25, 0.3) is 0 Å². The molecule has 1 aromatic rings. The van der Waals surface area contributed by atoms with Crippen LogP contribution in [-0.4, -0.2) is 5.78 Å². The number of carbonyl (C=O) groups excluding carboxylic acids is 1. The van der Waals surface area contributed by atoms with Crippen LogP contribution in [0.5, 0.6) is 0 Å². The van der Waals surface area contributed by atoms with Gasteiger partial charge in [0, 0.05) is 11.3 Å². The maximum absolute atomic E-state index is 11.6. The van der Waals surface area contributed by atoms with Crippen LogP contribution in [0.3, 0.4) is 0 Å². The molecule has 1 heterocycles. The number of thiophene rings is 1. The number of Topliss-reactive ketones (excluding diaryl/α,β-unsaturated/α-hetero) is 1. The maximum atomic E-state index is 11.6. The van der Waals surface area contributed by atoms with Gasteiger partial charge < -0.3 is 0 Å². The molecule has 0 aromatic carbocycles. The van der Waals surface area contributed by atoms with E-state index in [1.165, 1.54) is 10.4 Å². The Bertz CT molecular complexity index is 368. The molecule has 0 unspecified atom stereocenters. The molecule has 2 heteroatoms. The Morgan fingerprint density at radius 2 is 2.00 bits per heavy atom. The van der Waals surface area contributed by atoms with Gasteiger partial charge in [-0.15, -0.1) is 11.3 Å². The third kappa shape index (κ3) is 1.63. The van der Waals surface area contributed by atoms with Gasteiger partial charge in [-0.25, -0.2) is 0 Å². The van der Waals surface area contributed by atoms with Gasteiger partial charge in [-0.3, -0.25) is 4.79 Å². The minimum absolute atomic E-state index is 0.183. The number of ketones is 1. The predicted octanol–water partition coefficient (Wildman–Crippen LogP) is 3.56. The second-order valence-corrected chi connectivity index (χ2v) is 6.04. The Hall–Kier alpha value is -0.630. The number of hydrogen-bond acceptors (Lipinski definition) is 2. The standard InChI is InChI=1S/C12H16OS/c1-12(2,3)10-7-8-5-4-6-9(13)11(8)14-10/h7H,4-6H2,1-3H3. The van der Waals surface area contributed by atoms with Crippen molar-refractivity contribution in [3.8, 4) is 0 Å². The summed E-state index contributed by atoms with van der Waals surface area (Å²) in [6.45, 7) is 6.61. The molecular weight excluding hydrogens is 192 g/mol. The molecule has 1 aliphatic carbocycles. The summed E-state index contributed by atoms with van der Waals surface area (Å²) >= 11 is 1.70. The normalized spacial score (nSPS) is 16.9. The summed E-state index contributed by atoms with van der Waals surface area (Å²) < 4.78 is 0. The second kappa shape index (κ2) is 3.20. The first-order chi connectivity index (χ1) is 6.48. The Balaban J connectivity index is 2.45. The lowest BCUT2D eigenvalue weighted by Gasteiger charge is -2.15. The molecule has 1 aromatic heterocycles. The molecule has 1 nitrogen and oxygen atoms in total. The van der Waals surface area contributed by atoms with Crippen molar-refractivity contribution in [3.63, 3.8) is 0 Å². The topological polar surface area (TPSA) is 17.1 Å². The summed E-state index contributed by atoms with van der Waals surface area (Å²) in [6, 6.07) is 2.23. The molecule has 0 aliphatic heterocycles. The van der Waals surface area contributed by atoms with Crippen LogP contribution in [0, 0.1) is 0 Å². The van der Waals surface area contributed by atoms with Crippen molar-refractivity contribution < 1.29 is 4.79 Å². The van der Waals surface area contributed by atoms with Crippen LogP contribution in [0.2, 0.25) is 0 Å². The van der Waals surface area contributed by atoms with E-state index in [4.69, 9.17) is 0 Å². The van der Waals surface area contributed by atoms with Gasteiger partial charge in [0.2, 0.25) is 0 Å². The van der Waals surface area contributed by atoms with Crippen molar-refractivity contribution in [2.45, 2.75) is 45.4 Å². The van der Waals surface area contributed by atoms with Crippen LogP contribution in [0.4, 0.5) is 0 Å². The zero-order valence-corrected chi connectivity index (χ0v) is 9.83. The molecule has 0 saturated heterocycles. The van der Waals surface area contributed by atoms with E-state index in [2.05, 4.69) is 26.8 Å². The Kier molecular flexibility index (Phi) is 2.26. The van der Waals surface area contributed by atoms with Crippen molar-refractivity contribution in [1.82, 2.24) is 0 Å². The molecule has 76 valence electrons. The molecule has 0 N–H and O–H groups in total. The predicted molar refractivity (Wildman–Crippen MR) is 60.3 cm³/mol. The molecule has 0 atom stereocenters. The zero-order chi connectivity index (χ0) is 10.3. The average molecular weight is 208 g/mol. The van der Waals surface area contributed by atoms with E-state index in [0.717, 1.165) is 24.1 Å². The van der Waals surface area contributed by atoms with Crippen LogP contribution in [0.1, 0.15) is 53.7 Å². The van der Waals surface area contributed by atoms with Crippen LogP contribution >= 0.6 is 11.3 Å². The lowest BCUT2D eigenvalue weighted by Crippen LogP contribution is -2.07. The smallest absolute Gasteiger partial charge is 0.173 e.